The minimum atomic E-state index is -1.05. The molecule has 1 aromatic carbocycles. The zero-order chi connectivity index (χ0) is 20.9. The van der Waals surface area contributed by atoms with Gasteiger partial charge in [0.25, 0.3) is 5.91 Å². The van der Waals surface area contributed by atoms with Gasteiger partial charge in [-0.3, -0.25) is 19.3 Å². The lowest BCUT2D eigenvalue weighted by molar-refractivity contribution is -0.159. The predicted octanol–water partition coefficient (Wildman–Crippen LogP) is 1.98. The Morgan fingerprint density at radius 2 is 1.76 bits per heavy atom. The van der Waals surface area contributed by atoms with Crippen LogP contribution in [-0.2, 0) is 23.9 Å². The number of rotatable bonds is 5. The van der Waals surface area contributed by atoms with E-state index in [0.717, 1.165) is 22.4 Å². The first kappa shape index (κ1) is 19.4. The summed E-state index contributed by atoms with van der Waals surface area (Å²) in [5, 5.41) is 2.71. The Morgan fingerprint density at radius 3 is 2.38 bits per heavy atom. The number of nitrogens with zero attached hydrogens (tertiary/aromatic N) is 1. The van der Waals surface area contributed by atoms with E-state index in [9.17, 15) is 19.2 Å². The molecular weight excluding hydrogens is 372 g/mol. The van der Waals surface area contributed by atoms with Crippen LogP contribution in [0.25, 0.3) is 0 Å². The summed E-state index contributed by atoms with van der Waals surface area (Å²) in [5.74, 6) is -2.40. The molecule has 5 atom stereocenters. The van der Waals surface area contributed by atoms with Gasteiger partial charge < -0.3 is 10.1 Å². The molecule has 1 saturated carbocycles. The number of carbonyl (C=O) groups excluding carboxylic acids is 4. The van der Waals surface area contributed by atoms with Crippen molar-refractivity contribution in [2.45, 2.75) is 33.2 Å². The molecule has 3 aliphatic rings. The smallest absolute Gasteiger partial charge is 0.329 e. The number of nitrogens with one attached hydrogen (secondary N) is 1. The van der Waals surface area contributed by atoms with E-state index >= 15 is 0 Å². The highest BCUT2D eigenvalue weighted by Gasteiger charge is 2.60. The maximum absolute atomic E-state index is 12.8. The van der Waals surface area contributed by atoms with Gasteiger partial charge in [0.2, 0.25) is 11.8 Å². The summed E-state index contributed by atoms with van der Waals surface area (Å²) in [4.78, 5) is 51.2. The third kappa shape index (κ3) is 3.24. The average Bonchev–Trinajstić information content (AvgIpc) is 3.36. The lowest BCUT2D eigenvalue weighted by Crippen LogP contribution is -2.45. The van der Waals surface area contributed by atoms with Crippen LogP contribution in [0.1, 0.15) is 24.5 Å². The van der Waals surface area contributed by atoms with Gasteiger partial charge in [0.15, 0.2) is 6.61 Å². The molecule has 0 unspecified atom stereocenters. The molecule has 0 radical (unpaired) electrons. The molecule has 2 aliphatic carbocycles. The fourth-order valence-corrected chi connectivity index (χ4v) is 4.73. The summed E-state index contributed by atoms with van der Waals surface area (Å²) in [6, 6.07) is 4.62. The van der Waals surface area contributed by atoms with Gasteiger partial charge >= 0.3 is 5.97 Å². The summed E-state index contributed by atoms with van der Waals surface area (Å²) in [5.41, 5.74) is 2.54. The summed E-state index contributed by atoms with van der Waals surface area (Å²) < 4.78 is 5.10. The van der Waals surface area contributed by atoms with Crippen molar-refractivity contribution in [2.75, 3.05) is 11.9 Å². The zero-order valence-corrected chi connectivity index (χ0v) is 16.7. The third-order valence-electron chi connectivity index (χ3n) is 6.25. The Morgan fingerprint density at radius 1 is 1.14 bits per heavy atom. The van der Waals surface area contributed by atoms with Crippen LogP contribution in [0.2, 0.25) is 0 Å². The van der Waals surface area contributed by atoms with Crippen LogP contribution in [0.15, 0.2) is 30.4 Å². The van der Waals surface area contributed by atoms with Crippen LogP contribution in [0.5, 0.6) is 0 Å². The molecule has 29 heavy (non-hydrogen) atoms. The van der Waals surface area contributed by atoms with Gasteiger partial charge in [0.1, 0.15) is 6.04 Å². The van der Waals surface area contributed by atoms with Crippen molar-refractivity contribution >= 4 is 29.4 Å². The topological polar surface area (TPSA) is 92.8 Å². The van der Waals surface area contributed by atoms with Crippen molar-refractivity contribution in [2.24, 2.45) is 23.7 Å². The molecule has 1 aliphatic heterocycles. The molecule has 2 fully saturated rings. The SMILES string of the molecule is Cc1ccc(C)c(NC(=O)COC(=O)[C@H](C)N2C(=O)[C@@H]3[C@H](C2=O)[C@H]2C=C[C@H]3C2)c1. The van der Waals surface area contributed by atoms with E-state index in [4.69, 9.17) is 4.74 Å². The highest BCUT2D eigenvalue weighted by molar-refractivity contribution is 6.09. The minimum absolute atomic E-state index is 0.0815. The standard InChI is InChI=1S/C22H24N2O5/c1-11-4-5-12(2)16(8-11)23-17(25)10-29-22(28)13(3)24-20(26)18-14-6-7-15(9-14)19(18)21(24)27/h4-8,13-15,18-19H,9-10H2,1-3H3,(H,23,25)/t13-,14-,15-,18-,19+/m0/s1. The van der Waals surface area contributed by atoms with Crippen molar-refractivity contribution < 1.29 is 23.9 Å². The summed E-state index contributed by atoms with van der Waals surface area (Å²) in [6.07, 6.45) is 4.83. The number of fused-ring (bicyclic) bond motifs is 5. The Kier molecular flexibility index (Phi) is 4.76. The van der Waals surface area contributed by atoms with E-state index < -0.39 is 24.5 Å². The summed E-state index contributed by atoms with van der Waals surface area (Å²) in [7, 11) is 0. The van der Waals surface area contributed by atoms with Gasteiger partial charge in [-0.1, -0.05) is 24.3 Å². The molecular formula is C22H24N2O5. The van der Waals surface area contributed by atoms with Crippen molar-refractivity contribution in [3.05, 3.63) is 41.5 Å². The second-order valence-electron chi connectivity index (χ2n) is 8.20. The van der Waals surface area contributed by atoms with E-state index in [-0.39, 0.29) is 35.5 Å². The Labute approximate surface area is 169 Å². The third-order valence-corrected chi connectivity index (χ3v) is 6.25. The molecule has 0 aromatic heterocycles. The Hall–Kier alpha value is -2.96. The Bertz CT molecular complexity index is 907. The average molecular weight is 396 g/mol. The maximum atomic E-state index is 12.8. The molecule has 1 saturated heterocycles. The van der Waals surface area contributed by atoms with Gasteiger partial charge in [0.05, 0.1) is 11.8 Å². The molecule has 1 aromatic rings. The normalized spacial score (nSPS) is 27.9. The van der Waals surface area contributed by atoms with Gasteiger partial charge in [-0.25, -0.2) is 4.79 Å². The van der Waals surface area contributed by atoms with Crippen LogP contribution in [0, 0.1) is 37.5 Å². The van der Waals surface area contributed by atoms with E-state index in [1.807, 2.05) is 44.2 Å². The number of benzene rings is 1. The molecule has 7 nitrogen and oxygen atoms in total. The van der Waals surface area contributed by atoms with Crippen LogP contribution in [0.4, 0.5) is 5.69 Å². The molecule has 4 rings (SSSR count). The van der Waals surface area contributed by atoms with E-state index in [2.05, 4.69) is 5.32 Å². The van der Waals surface area contributed by atoms with E-state index in [1.165, 1.54) is 6.92 Å². The van der Waals surface area contributed by atoms with Crippen molar-refractivity contribution in [1.29, 1.82) is 0 Å². The highest BCUT2D eigenvalue weighted by atomic mass is 16.5. The minimum Gasteiger partial charge on any atom is -0.454 e. The second-order valence-corrected chi connectivity index (χ2v) is 8.20. The lowest BCUT2D eigenvalue weighted by atomic mass is 9.85. The van der Waals surface area contributed by atoms with Gasteiger partial charge in [0, 0.05) is 5.69 Å². The van der Waals surface area contributed by atoms with Crippen LogP contribution in [0.3, 0.4) is 0 Å². The fourth-order valence-electron chi connectivity index (χ4n) is 4.73. The summed E-state index contributed by atoms with van der Waals surface area (Å²) in [6.45, 7) is 4.77. The highest BCUT2D eigenvalue weighted by Crippen LogP contribution is 2.52. The van der Waals surface area contributed by atoms with Crippen LogP contribution in [-0.4, -0.2) is 41.2 Å². The van der Waals surface area contributed by atoms with Crippen molar-refractivity contribution in [3.63, 3.8) is 0 Å². The molecule has 1 N–H and O–H groups in total. The molecule has 0 spiro atoms. The molecule has 3 amide bonds. The van der Waals surface area contributed by atoms with Gasteiger partial charge in [-0.15, -0.1) is 0 Å². The number of likely N-dealkylation sites (tertiary alicyclic amines) is 1. The first-order chi connectivity index (χ1) is 13.8. The van der Waals surface area contributed by atoms with Crippen molar-refractivity contribution in [1.82, 2.24) is 4.90 Å². The van der Waals surface area contributed by atoms with E-state index in [1.54, 1.807) is 0 Å². The zero-order valence-electron chi connectivity index (χ0n) is 16.7. The predicted molar refractivity (Wildman–Crippen MR) is 105 cm³/mol. The molecule has 152 valence electrons. The van der Waals surface area contributed by atoms with Crippen molar-refractivity contribution in [3.8, 4) is 0 Å². The number of aryl methyl sites for hydroxylation is 2. The number of hydrogen-bond donors (Lipinski definition) is 1. The number of ether oxygens (including phenoxy) is 1. The quantitative estimate of drug-likeness (QED) is 0.467. The second kappa shape index (κ2) is 7.13. The van der Waals surface area contributed by atoms with Gasteiger partial charge in [-0.05, 0) is 56.2 Å². The maximum Gasteiger partial charge on any atom is 0.329 e. The number of carbonyl (C=O) groups is 4. The number of amides is 3. The number of hydrogen-bond acceptors (Lipinski definition) is 5. The number of anilines is 1. The largest absolute Gasteiger partial charge is 0.454 e. The Balaban J connectivity index is 1.35. The van der Waals surface area contributed by atoms with E-state index in [0.29, 0.717) is 5.69 Å². The first-order valence-electron chi connectivity index (χ1n) is 9.87. The van der Waals surface area contributed by atoms with Crippen LogP contribution < -0.4 is 5.32 Å². The number of allylic oxidation sites excluding steroid dienone is 2. The molecule has 2 bridgehead atoms. The van der Waals surface area contributed by atoms with Crippen LogP contribution >= 0.6 is 0 Å². The van der Waals surface area contributed by atoms with Gasteiger partial charge in [-0.2, -0.15) is 0 Å². The summed E-state index contributed by atoms with van der Waals surface area (Å²) >= 11 is 0. The fraction of sp³-hybridized carbons (Fsp3) is 0.455. The first-order valence-corrected chi connectivity index (χ1v) is 9.87. The number of imide groups is 1. The monoisotopic (exact) mass is 396 g/mol. The number of esters is 1. The lowest BCUT2D eigenvalue weighted by Gasteiger charge is -2.23. The molecule has 7 heteroatoms. The molecule has 1 heterocycles.